The predicted octanol–water partition coefficient (Wildman–Crippen LogP) is 4.96. The summed E-state index contributed by atoms with van der Waals surface area (Å²) >= 11 is 0. The van der Waals surface area contributed by atoms with Gasteiger partial charge in [0.05, 0.1) is 5.56 Å². The third-order valence-electron chi connectivity index (χ3n) is 9.08. The highest BCUT2D eigenvalue weighted by Crippen LogP contribution is 2.32. The number of likely N-dealkylation sites (N-methyl/N-ethyl adjacent to an activating group) is 1. The number of halogens is 3. The third kappa shape index (κ3) is 14.1. The number of aryl methyl sites for hydroxylation is 3. The van der Waals surface area contributed by atoms with Crippen LogP contribution in [0, 0.1) is 20.8 Å². The molecule has 0 atom stereocenters. The summed E-state index contributed by atoms with van der Waals surface area (Å²) in [5.41, 5.74) is 11.8. The number of carbonyl (C=O) groups is 2. The van der Waals surface area contributed by atoms with E-state index in [1.54, 1.807) is 24.1 Å². The molecule has 0 aliphatic carbocycles. The van der Waals surface area contributed by atoms with Gasteiger partial charge in [0, 0.05) is 67.9 Å². The summed E-state index contributed by atoms with van der Waals surface area (Å²) in [6.45, 7) is 18.3. The Labute approximate surface area is 325 Å². The molecule has 302 valence electrons. The van der Waals surface area contributed by atoms with Gasteiger partial charge in [-0.15, -0.1) is 10.2 Å². The normalized spacial score (nSPS) is 16.0. The second kappa shape index (κ2) is 20.6. The number of nitrogens with zero attached hydrogens (tertiary/aromatic N) is 9. The maximum Gasteiger partial charge on any atom is 0.416 e. The monoisotopic (exact) mass is 779 g/mol. The van der Waals surface area contributed by atoms with Gasteiger partial charge in [-0.05, 0) is 95.7 Å². The van der Waals surface area contributed by atoms with Crippen molar-refractivity contribution in [2.24, 2.45) is 5.73 Å². The first-order valence-corrected chi connectivity index (χ1v) is 18.6. The Morgan fingerprint density at radius 1 is 0.768 bits per heavy atom. The molecule has 2 aromatic heterocycles. The molecule has 1 amide bonds. The number of carboxylic acid groups (broad SMARTS) is 1. The number of benzene rings is 2. The van der Waals surface area contributed by atoms with Crippen LogP contribution >= 0.6 is 0 Å². The Morgan fingerprint density at radius 3 is 1.75 bits per heavy atom. The average molecular weight is 780 g/mol. The van der Waals surface area contributed by atoms with E-state index >= 15 is 0 Å². The van der Waals surface area contributed by atoms with Crippen molar-refractivity contribution in [1.82, 2.24) is 49.8 Å². The van der Waals surface area contributed by atoms with Crippen molar-refractivity contribution in [2.75, 3.05) is 52.4 Å². The summed E-state index contributed by atoms with van der Waals surface area (Å²) in [6, 6.07) is 10.2. The number of hydrogen-bond acceptors (Lipinski definition) is 10. The number of piperidine rings is 1. The van der Waals surface area contributed by atoms with Gasteiger partial charge >= 0.3 is 12.1 Å². The van der Waals surface area contributed by atoms with Crippen LogP contribution in [0.15, 0.2) is 61.2 Å². The van der Waals surface area contributed by atoms with Crippen LogP contribution in [-0.2, 0) is 15.8 Å². The molecule has 0 unspecified atom stereocenters. The maximum absolute atomic E-state index is 12.8. The van der Waals surface area contributed by atoms with Crippen LogP contribution in [0.2, 0.25) is 0 Å². The zero-order valence-electron chi connectivity index (χ0n) is 32.6. The molecule has 2 aliphatic heterocycles. The van der Waals surface area contributed by atoms with Crippen molar-refractivity contribution in [2.45, 2.75) is 59.7 Å². The summed E-state index contributed by atoms with van der Waals surface area (Å²) in [5.74, 6) is -0.586. The second-order valence-electron chi connectivity index (χ2n) is 13.7. The number of nitrogens with one attached hydrogen (secondary N) is 1. The van der Waals surface area contributed by atoms with Crippen LogP contribution < -0.4 is 11.2 Å². The number of carbonyl (C=O) groups excluding carboxylic acids is 1. The van der Waals surface area contributed by atoms with Crippen LogP contribution in [0.4, 0.5) is 13.2 Å². The molecule has 2 fully saturated rings. The molecule has 0 bridgehead atoms. The van der Waals surface area contributed by atoms with E-state index in [4.69, 9.17) is 10.8 Å². The number of rotatable bonds is 9. The van der Waals surface area contributed by atoms with E-state index in [0.717, 1.165) is 67.4 Å². The van der Waals surface area contributed by atoms with Gasteiger partial charge in [-0.1, -0.05) is 31.0 Å². The Hall–Kier alpha value is -5.23. The first-order valence-electron chi connectivity index (χ1n) is 18.6. The molecule has 56 heavy (non-hydrogen) atoms. The lowest BCUT2D eigenvalue weighted by Gasteiger charge is -2.33. The highest BCUT2D eigenvalue weighted by atomic mass is 19.4. The molecule has 0 spiro atoms. The van der Waals surface area contributed by atoms with Crippen molar-refractivity contribution in [1.29, 1.82) is 0 Å². The number of amides is 1. The van der Waals surface area contributed by atoms with Gasteiger partial charge in [-0.3, -0.25) is 10.2 Å². The fourth-order valence-corrected chi connectivity index (χ4v) is 6.06. The topological polar surface area (TPSA) is 164 Å². The van der Waals surface area contributed by atoms with Gasteiger partial charge in [0.2, 0.25) is 0 Å². The SMILES string of the molecule is CCN1CCC(N)CC1.CCN1CCN(NC(=O)/C=C\n2cnc(-c3cc(C)cc(C)c3)n2)CC1.Cc1cc(-c2ncn(/C=C\C(=O)O)n2)cc(C(F)(F)F)c1. The molecule has 17 heteroatoms. The number of aliphatic carboxylic acids is 1. The van der Waals surface area contributed by atoms with E-state index in [0.29, 0.717) is 17.4 Å². The molecule has 14 nitrogen and oxygen atoms in total. The third-order valence-corrected chi connectivity index (χ3v) is 9.08. The lowest BCUT2D eigenvalue weighted by molar-refractivity contribution is -0.137. The van der Waals surface area contributed by atoms with Crippen LogP contribution in [0.1, 0.15) is 48.9 Å². The van der Waals surface area contributed by atoms with E-state index in [2.05, 4.69) is 81.3 Å². The van der Waals surface area contributed by atoms with Gasteiger partial charge in [0.25, 0.3) is 5.91 Å². The molecule has 6 rings (SSSR count). The van der Waals surface area contributed by atoms with Crippen molar-refractivity contribution >= 4 is 24.3 Å². The van der Waals surface area contributed by atoms with Gasteiger partial charge in [0.1, 0.15) is 12.7 Å². The molecular weight excluding hydrogens is 727 g/mol. The number of piperazine rings is 1. The van der Waals surface area contributed by atoms with Gasteiger partial charge in [-0.2, -0.15) is 13.2 Å². The molecule has 4 heterocycles. The van der Waals surface area contributed by atoms with Crippen molar-refractivity contribution in [3.8, 4) is 22.8 Å². The summed E-state index contributed by atoms with van der Waals surface area (Å²) in [4.78, 5) is 35.5. The first kappa shape index (κ1) is 43.5. The Balaban J connectivity index is 0.000000207. The smallest absolute Gasteiger partial charge is 0.416 e. The molecule has 0 saturated carbocycles. The van der Waals surface area contributed by atoms with E-state index < -0.39 is 17.7 Å². The molecule has 2 aliphatic rings. The van der Waals surface area contributed by atoms with E-state index in [1.165, 1.54) is 62.1 Å². The molecule has 4 aromatic rings. The van der Waals surface area contributed by atoms with Crippen molar-refractivity contribution in [3.63, 3.8) is 0 Å². The minimum Gasteiger partial charge on any atom is -0.478 e. The van der Waals surface area contributed by atoms with Crippen LogP contribution in [0.25, 0.3) is 35.2 Å². The zero-order chi connectivity index (χ0) is 40.8. The fraction of sp³-hybridized carbons (Fsp3) is 0.436. The number of alkyl halides is 3. The lowest BCUT2D eigenvalue weighted by atomic mass is 10.1. The summed E-state index contributed by atoms with van der Waals surface area (Å²) in [7, 11) is 0. The van der Waals surface area contributed by atoms with E-state index in [1.807, 2.05) is 5.01 Å². The van der Waals surface area contributed by atoms with Crippen LogP contribution in [0.5, 0.6) is 0 Å². The van der Waals surface area contributed by atoms with Gasteiger partial charge in [-0.25, -0.2) is 29.1 Å². The van der Waals surface area contributed by atoms with Crippen LogP contribution in [0.3, 0.4) is 0 Å². The zero-order valence-corrected chi connectivity index (χ0v) is 32.6. The quantitative estimate of drug-likeness (QED) is 0.197. The highest BCUT2D eigenvalue weighted by molar-refractivity contribution is 5.89. The van der Waals surface area contributed by atoms with E-state index in [9.17, 15) is 22.8 Å². The number of hydrogen-bond donors (Lipinski definition) is 3. The molecular formula is C39H52F3N11O3. The summed E-state index contributed by atoms with van der Waals surface area (Å²) in [6.07, 6.45) is 5.83. The summed E-state index contributed by atoms with van der Waals surface area (Å²) < 4.78 is 40.9. The Bertz CT molecular complexity index is 1920. The fourth-order valence-electron chi connectivity index (χ4n) is 6.06. The molecule has 4 N–H and O–H groups in total. The van der Waals surface area contributed by atoms with Gasteiger partial charge < -0.3 is 20.6 Å². The largest absolute Gasteiger partial charge is 0.478 e. The summed E-state index contributed by atoms with van der Waals surface area (Å²) in [5, 5.41) is 18.8. The average Bonchev–Trinajstić information content (AvgIpc) is 3.84. The first-order chi connectivity index (χ1) is 26.6. The minimum absolute atomic E-state index is 0.0826. The Morgan fingerprint density at radius 2 is 1.25 bits per heavy atom. The molecule has 2 saturated heterocycles. The van der Waals surface area contributed by atoms with Crippen molar-refractivity contribution in [3.05, 3.63) is 83.5 Å². The minimum atomic E-state index is -4.45. The number of aromatic nitrogens is 6. The standard InChI is InChI=1S/C19H26N6O.C13H10F3N3O2.C7H16N2/c1-4-23-7-9-24(10-8-23)21-18(26)5-6-25-14-20-19(22-25)17-12-15(2)11-16(3)13-17;1-8-4-9(6-10(5-8)13(14,15)16)12-17-7-19(18-12)3-2-11(20)21;1-2-9-5-3-7(8)4-6-9/h5-6,11-14H,4,7-10H2,1-3H3,(H,21,26);2-7H,1H3,(H,20,21);7H,2-6,8H2,1H3/b6-5-;3-2-;. The highest BCUT2D eigenvalue weighted by Gasteiger charge is 2.31. The molecule has 0 radical (unpaired) electrons. The molecule has 2 aromatic carbocycles. The van der Waals surface area contributed by atoms with E-state index in [-0.39, 0.29) is 17.3 Å². The van der Waals surface area contributed by atoms with Crippen LogP contribution in [-0.4, -0.2) is 120 Å². The lowest BCUT2D eigenvalue weighted by Crippen LogP contribution is -2.53. The number of carboxylic acids is 1. The Kier molecular flexibility index (Phi) is 16.0. The van der Waals surface area contributed by atoms with Gasteiger partial charge in [0.15, 0.2) is 11.6 Å². The number of likely N-dealkylation sites (tertiary alicyclic amines) is 1. The predicted molar refractivity (Wildman–Crippen MR) is 210 cm³/mol. The van der Waals surface area contributed by atoms with Crippen molar-refractivity contribution < 1.29 is 27.9 Å². The number of nitrogens with two attached hydrogens (primary N) is 1. The maximum atomic E-state index is 12.8. The number of hydrazine groups is 1. The second-order valence-corrected chi connectivity index (χ2v) is 13.7.